The number of para-hydroxylation sites is 1. The monoisotopic (exact) mass is 501 g/mol. The highest BCUT2D eigenvalue weighted by molar-refractivity contribution is 7.19. The van der Waals surface area contributed by atoms with Gasteiger partial charge in [-0.25, -0.2) is 9.78 Å². The first kappa shape index (κ1) is 22.9. The van der Waals surface area contributed by atoms with Gasteiger partial charge in [0.25, 0.3) is 0 Å². The summed E-state index contributed by atoms with van der Waals surface area (Å²) in [4.78, 5) is 20.9. The van der Waals surface area contributed by atoms with Crippen LogP contribution in [0.4, 0.5) is 21.9 Å². The van der Waals surface area contributed by atoms with E-state index >= 15 is 0 Å². The fraction of sp³-hybridized carbons (Fsp3) is 0.259. The minimum absolute atomic E-state index is 0.00625. The van der Waals surface area contributed by atoms with E-state index in [0.29, 0.717) is 22.0 Å². The standard InChI is InChI=1S/C27H27N5O3S/c28-19-8-4-5-9-20(19)30-25(33)24-23-22-21(14-15-29-26(22)36-24)32(27(34)31-23)16-10-12-18(13-11-16)35-17-6-2-1-3-7-17/h1-3,6-7,10-15,19-20,25,30,33H,4-5,8-9,28H2,(H,31,34)/t19-,20+,25?/m0/s1. The first-order chi connectivity index (χ1) is 17.6. The summed E-state index contributed by atoms with van der Waals surface area (Å²) in [6, 6.07) is 18.5. The Labute approximate surface area is 212 Å². The number of thiophene rings is 1. The molecule has 0 radical (unpaired) electrons. The molecule has 8 nitrogen and oxygen atoms in total. The minimum atomic E-state index is -0.942. The van der Waals surface area contributed by atoms with Crippen molar-refractivity contribution in [1.82, 2.24) is 10.3 Å². The number of benzene rings is 2. The molecule has 2 aromatic heterocycles. The number of nitrogens with one attached hydrogen (secondary N) is 2. The van der Waals surface area contributed by atoms with Crippen molar-refractivity contribution in [3.8, 4) is 11.5 Å². The highest BCUT2D eigenvalue weighted by Gasteiger charge is 2.34. The van der Waals surface area contributed by atoms with E-state index in [0.717, 1.165) is 47.3 Å². The molecule has 0 bridgehead atoms. The van der Waals surface area contributed by atoms with E-state index in [9.17, 15) is 9.90 Å². The normalized spacial score (nSPS) is 20.3. The lowest BCUT2D eigenvalue weighted by molar-refractivity contribution is 0.112. The number of carbonyl (C=O) groups excluding carboxylic acids is 1. The van der Waals surface area contributed by atoms with Crippen LogP contribution >= 0.6 is 11.3 Å². The third kappa shape index (κ3) is 4.20. The number of rotatable bonds is 6. The van der Waals surface area contributed by atoms with Crippen LogP contribution in [0.2, 0.25) is 0 Å². The Balaban J connectivity index is 1.30. The van der Waals surface area contributed by atoms with Crippen molar-refractivity contribution in [2.75, 3.05) is 10.2 Å². The third-order valence-electron chi connectivity index (χ3n) is 6.79. The Kier molecular flexibility index (Phi) is 6.06. The predicted molar refractivity (Wildman–Crippen MR) is 142 cm³/mol. The summed E-state index contributed by atoms with van der Waals surface area (Å²) in [5.41, 5.74) is 8.30. The average molecular weight is 502 g/mol. The summed E-state index contributed by atoms with van der Waals surface area (Å²) in [6.45, 7) is 0. The summed E-state index contributed by atoms with van der Waals surface area (Å²) < 4.78 is 5.89. The lowest BCUT2D eigenvalue weighted by Gasteiger charge is -2.32. The summed E-state index contributed by atoms with van der Waals surface area (Å²) >= 11 is 1.38. The summed E-state index contributed by atoms with van der Waals surface area (Å²) in [6.07, 6.45) is 4.81. The number of ether oxygens (including phenoxy) is 1. The Hall–Kier alpha value is -3.50. The maximum atomic E-state index is 13.3. The molecule has 2 aromatic carbocycles. The fourth-order valence-electron chi connectivity index (χ4n) is 4.99. The van der Waals surface area contributed by atoms with E-state index in [1.165, 1.54) is 11.3 Å². The predicted octanol–water partition coefficient (Wildman–Crippen LogP) is 5.62. The number of urea groups is 1. The number of carbonyl (C=O) groups is 1. The van der Waals surface area contributed by atoms with Gasteiger partial charge in [-0.15, -0.1) is 11.3 Å². The van der Waals surface area contributed by atoms with Gasteiger partial charge in [0.1, 0.15) is 22.6 Å². The van der Waals surface area contributed by atoms with Crippen LogP contribution in [0, 0.1) is 0 Å². The molecular formula is C27H27N5O3S. The van der Waals surface area contributed by atoms with Crippen molar-refractivity contribution in [2.45, 2.75) is 44.0 Å². The number of hydrogen-bond acceptors (Lipinski definition) is 7. The largest absolute Gasteiger partial charge is 0.457 e. The number of aliphatic hydroxyl groups excluding tert-OH is 1. The summed E-state index contributed by atoms with van der Waals surface area (Å²) in [5.74, 6) is 1.42. The van der Waals surface area contributed by atoms with Gasteiger partial charge in [0.2, 0.25) is 0 Å². The zero-order valence-electron chi connectivity index (χ0n) is 19.6. The lowest BCUT2D eigenvalue weighted by Crippen LogP contribution is -2.48. The number of amides is 2. The Morgan fingerprint density at radius 1 is 1.08 bits per heavy atom. The molecule has 1 aliphatic heterocycles. The number of nitrogens with two attached hydrogens (primary N) is 1. The lowest BCUT2D eigenvalue weighted by atomic mass is 9.91. The molecule has 9 heteroatoms. The van der Waals surface area contributed by atoms with Gasteiger partial charge in [-0.3, -0.25) is 10.2 Å². The van der Waals surface area contributed by atoms with Crippen molar-refractivity contribution in [3.05, 3.63) is 71.7 Å². The first-order valence-electron chi connectivity index (χ1n) is 12.1. The van der Waals surface area contributed by atoms with Crippen LogP contribution in [0.3, 0.4) is 0 Å². The van der Waals surface area contributed by atoms with E-state index in [2.05, 4.69) is 15.6 Å². The summed E-state index contributed by atoms with van der Waals surface area (Å²) in [5, 5.41) is 18.2. The fourth-order valence-corrected chi connectivity index (χ4v) is 6.05. The second kappa shape index (κ2) is 9.51. The van der Waals surface area contributed by atoms with Crippen molar-refractivity contribution in [3.63, 3.8) is 0 Å². The van der Waals surface area contributed by atoms with Crippen molar-refractivity contribution in [1.29, 1.82) is 0 Å². The van der Waals surface area contributed by atoms with Gasteiger partial charge in [-0.05, 0) is 55.3 Å². The van der Waals surface area contributed by atoms with Gasteiger partial charge in [0, 0.05) is 18.3 Å². The zero-order valence-corrected chi connectivity index (χ0v) is 20.4. The summed E-state index contributed by atoms with van der Waals surface area (Å²) in [7, 11) is 0. The average Bonchev–Trinajstić information content (AvgIpc) is 3.26. The number of hydrogen-bond donors (Lipinski definition) is 4. The third-order valence-corrected chi connectivity index (χ3v) is 7.94. The van der Waals surface area contributed by atoms with E-state index in [1.54, 1.807) is 11.1 Å². The van der Waals surface area contributed by atoms with E-state index in [1.807, 2.05) is 60.7 Å². The smallest absolute Gasteiger partial charge is 0.331 e. The number of pyridine rings is 1. The van der Waals surface area contributed by atoms with Crippen molar-refractivity contribution >= 4 is 44.6 Å². The number of aromatic nitrogens is 1. The van der Waals surface area contributed by atoms with Crippen LogP contribution < -0.4 is 26.0 Å². The van der Waals surface area contributed by atoms with Gasteiger partial charge in [0.05, 0.1) is 27.3 Å². The maximum Gasteiger partial charge on any atom is 0.331 e. The quantitative estimate of drug-likeness (QED) is 0.255. The molecule has 1 saturated carbocycles. The van der Waals surface area contributed by atoms with Crippen LogP contribution in [-0.4, -0.2) is 28.2 Å². The Morgan fingerprint density at radius 2 is 1.83 bits per heavy atom. The van der Waals surface area contributed by atoms with Gasteiger partial charge >= 0.3 is 6.03 Å². The van der Waals surface area contributed by atoms with Crippen LogP contribution in [0.5, 0.6) is 11.5 Å². The Bertz CT molecular complexity index is 1390. The number of aliphatic hydroxyl groups is 1. The molecule has 0 saturated heterocycles. The molecular weight excluding hydrogens is 474 g/mol. The molecule has 4 aromatic rings. The van der Waals surface area contributed by atoms with Gasteiger partial charge in [-0.2, -0.15) is 0 Å². The molecule has 1 fully saturated rings. The van der Waals surface area contributed by atoms with Gasteiger partial charge in [0.15, 0.2) is 0 Å². The van der Waals surface area contributed by atoms with Crippen molar-refractivity contribution < 1.29 is 14.6 Å². The minimum Gasteiger partial charge on any atom is -0.457 e. The molecule has 3 heterocycles. The van der Waals surface area contributed by atoms with Crippen LogP contribution in [0.25, 0.3) is 10.2 Å². The van der Waals surface area contributed by atoms with Crippen LogP contribution in [0.1, 0.15) is 36.8 Å². The van der Waals surface area contributed by atoms with E-state index in [4.69, 9.17) is 10.5 Å². The van der Waals surface area contributed by atoms with E-state index < -0.39 is 6.23 Å². The van der Waals surface area contributed by atoms with Crippen molar-refractivity contribution in [2.24, 2.45) is 5.73 Å². The molecule has 3 atom stereocenters. The molecule has 2 amide bonds. The highest BCUT2D eigenvalue weighted by Crippen LogP contribution is 2.47. The topological polar surface area (TPSA) is 113 Å². The second-order valence-corrected chi connectivity index (χ2v) is 10.2. The van der Waals surface area contributed by atoms with Gasteiger partial charge in [-0.1, -0.05) is 31.0 Å². The molecule has 36 heavy (non-hydrogen) atoms. The first-order valence-corrected chi connectivity index (χ1v) is 13.0. The molecule has 1 aliphatic carbocycles. The SMILES string of the molecule is N[C@H]1CCCC[C@H]1NC(O)c1sc2nccc3c2c1NC(=O)N3c1ccc(Oc2ccccc2)cc1. The molecule has 2 aliphatic rings. The maximum absolute atomic E-state index is 13.3. The number of nitrogens with zero attached hydrogens (tertiary/aromatic N) is 2. The Morgan fingerprint density at radius 3 is 2.61 bits per heavy atom. The molecule has 1 unspecified atom stereocenters. The number of anilines is 3. The van der Waals surface area contributed by atoms with Crippen LogP contribution in [-0.2, 0) is 0 Å². The zero-order chi connectivity index (χ0) is 24.6. The molecule has 6 rings (SSSR count). The van der Waals surface area contributed by atoms with Gasteiger partial charge < -0.3 is 20.9 Å². The molecule has 184 valence electrons. The van der Waals surface area contributed by atoms with E-state index in [-0.39, 0.29) is 18.1 Å². The molecule has 5 N–H and O–H groups in total. The van der Waals surface area contributed by atoms with Crippen LogP contribution in [0.15, 0.2) is 66.9 Å². The second-order valence-electron chi connectivity index (χ2n) is 9.15. The highest BCUT2D eigenvalue weighted by atomic mass is 32.1. The molecule has 0 spiro atoms.